The Kier molecular flexibility index (Phi) is 1.92. The maximum atomic E-state index is 11.5. The van der Waals surface area contributed by atoms with Crippen LogP contribution in [0, 0.1) is 6.92 Å². The molecule has 0 saturated heterocycles. The lowest BCUT2D eigenvalue weighted by Crippen LogP contribution is -2.28. The smallest absolute Gasteiger partial charge is 0.255 e. The molecule has 0 spiro atoms. The van der Waals surface area contributed by atoms with E-state index in [0.29, 0.717) is 11.4 Å². The number of nitrogens with one attached hydrogen (secondary N) is 2. The average molecular weight is 191 g/mol. The molecule has 2 N–H and O–H groups in total. The number of carbonyl (C=O) groups is 2. The highest BCUT2D eigenvalue weighted by Gasteiger charge is 2.19. The number of aromatic nitrogens is 1. The largest absolute Gasteiger partial charge is 0.343 e. The summed E-state index contributed by atoms with van der Waals surface area (Å²) >= 11 is 0. The van der Waals surface area contributed by atoms with E-state index >= 15 is 0 Å². The van der Waals surface area contributed by atoms with Crippen molar-refractivity contribution in [3.05, 3.63) is 23.4 Å². The van der Waals surface area contributed by atoms with Gasteiger partial charge in [-0.3, -0.25) is 9.59 Å². The molecule has 5 heteroatoms. The molecule has 1 aromatic heterocycles. The minimum atomic E-state index is -0.269. The summed E-state index contributed by atoms with van der Waals surface area (Å²) in [6, 6.07) is 1.70. The predicted molar refractivity (Wildman–Crippen MR) is 49.9 cm³/mol. The fourth-order valence-corrected chi connectivity index (χ4v) is 1.27. The Morgan fingerprint density at radius 2 is 2.21 bits per heavy atom. The molecule has 0 atom stereocenters. The summed E-state index contributed by atoms with van der Waals surface area (Å²) in [5, 5.41) is 5.03. The Bertz CT molecular complexity index is 415. The van der Waals surface area contributed by atoms with Crippen LogP contribution in [0.4, 0.5) is 5.82 Å². The molecule has 0 unspecified atom stereocenters. The molecule has 5 nitrogen and oxygen atoms in total. The van der Waals surface area contributed by atoms with Crippen molar-refractivity contribution in [3.63, 3.8) is 0 Å². The first-order valence-electron chi connectivity index (χ1n) is 4.21. The second kappa shape index (κ2) is 3.10. The van der Waals surface area contributed by atoms with E-state index in [1.165, 1.54) is 0 Å². The molecule has 0 saturated carbocycles. The van der Waals surface area contributed by atoms with Gasteiger partial charge in [0.1, 0.15) is 5.82 Å². The van der Waals surface area contributed by atoms with Gasteiger partial charge >= 0.3 is 0 Å². The first-order chi connectivity index (χ1) is 6.66. The van der Waals surface area contributed by atoms with Crippen LogP contribution in [-0.2, 0) is 4.79 Å². The highest BCUT2D eigenvalue weighted by molar-refractivity contribution is 6.07. The van der Waals surface area contributed by atoms with E-state index in [0.717, 1.165) is 5.56 Å². The second-order valence-corrected chi connectivity index (χ2v) is 3.14. The lowest BCUT2D eigenvalue weighted by molar-refractivity contribution is -0.115. The maximum absolute atomic E-state index is 11.5. The van der Waals surface area contributed by atoms with Crippen LogP contribution in [0.2, 0.25) is 0 Å². The van der Waals surface area contributed by atoms with E-state index in [9.17, 15) is 9.59 Å². The molecular weight excluding hydrogens is 182 g/mol. The molecule has 14 heavy (non-hydrogen) atoms. The van der Waals surface area contributed by atoms with Crippen LogP contribution in [0.5, 0.6) is 0 Å². The van der Waals surface area contributed by atoms with Gasteiger partial charge in [-0.25, -0.2) is 4.98 Å². The molecule has 1 aromatic rings. The molecule has 0 aromatic carbocycles. The molecule has 2 amide bonds. The molecule has 2 rings (SSSR count). The molecule has 2 heterocycles. The van der Waals surface area contributed by atoms with Crippen LogP contribution in [0.15, 0.2) is 12.3 Å². The summed E-state index contributed by atoms with van der Waals surface area (Å²) in [7, 11) is 0. The van der Waals surface area contributed by atoms with Gasteiger partial charge in [0.2, 0.25) is 5.91 Å². The van der Waals surface area contributed by atoms with Gasteiger partial charge in [0.25, 0.3) is 5.91 Å². The van der Waals surface area contributed by atoms with E-state index < -0.39 is 0 Å². The van der Waals surface area contributed by atoms with Gasteiger partial charge in [-0.05, 0) is 18.6 Å². The number of amides is 2. The number of anilines is 1. The minimum Gasteiger partial charge on any atom is -0.343 e. The number of carbonyl (C=O) groups excluding carboxylic acids is 2. The number of fused-ring (bicyclic) bond motifs is 1. The Labute approximate surface area is 80.5 Å². The lowest BCUT2D eigenvalue weighted by Gasteiger charge is -2.03. The number of nitrogens with zero attached hydrogens (tertiary/aromatic N) is 1. The number of hydrogen-bond acceptors (Lipinski definition) is 3. The van der Waals surface area contributed by atoms with E-state index in [1.807, 2.05) is 6.92 Å². The number of aryl methyl sites for hydroxylation is 1. The Morgan fingerprint density at radius 1 is 1.43 bits per heavy atom. The summed E-state index contributed by atoms with van der Waals surface area (Å²) in [6.45, 7) is 1.83. The Morgan fingerprint density at radius 3 is 3.00 bits per heavy atom. The predicted octanol–water partition coefficient (Wildman–Crippen LogP) is 0.0719. The van der Waals surface area contributed by atoms with Crippen molar-refractivity contribution in [2.24, 2.45) is 0 Å². The third kappa shape index (κ3) is 1.44. The van der Waals surface area contributed by atoms with Gasteiger partial charge < -0.3 is 10.6 Å². The third-order valence-corrected chi connectivity index (χ3v) is 1.94. The quantitative estimate of drug-likeness (QED) is 0.609. The fourth-order valence-electron chi connectivity index (χ4n) is 1.27. The van der Waals surface area contributed by atoms with Crippen molar-refractivity contribution < 1.29 is 9.59 Å². The van der Waals surface area contributed by atoms with Crippen LogP contribution < -0.4 is 10.6 Å². The van der Waals surface area contributed by atoms with Crippen molar-refractivity contribution in [3.8, 4) is 0 Å². The zero-order valence-corrected chi connectivity index (χ0v) is 7.63. The number of pyridine rings is 1. The van der Waals surface area contributed by atoms with Gasteiger partial charge in [0.15, 0.2) is 0 Å². The van der Waals surface area contributed by atoms with Crippen LogP contribution in [0.1, 0.15) is 15.9 Å². The van der Waals surface area contributed by atoms with E-state index in [1.54, 1.807) is 12.3 Å². The van der Waals surface area contributed by atoms with Crippen molar-refractivity contribution in [2.75, 3.05) is 11.9 Å². The van der Waals surface area contributed by atoms with Gasteiger partial charge in [-0.2, -0.15) is 0 Å². The fraction of sp³-hybridized carbons (Fsp3) is 0.222. The second-order valence-electron chi connectivity index (χ2n) is 3.14. The number of hydrogen-bond donors (Lipinski definition) is 2. The summed E-state index contributed by atoms with van der Waals surface area (Å²) in [6.07, 6.45) is 1.61. The summed E-state index contributed by atoms with van der Waals surface area (Å²) in [5.74, 6) is -0.196. The average Bonchev–Trinajstić information content (AvgIpc) is 2.29. The summed E-state index contributed by atoms with van der Waals surface area (Å²) < 4.78 is 0. The molecule has 72 valence electrons. The normalized spacial score (nSPS) is 15.2. The maximum Gasteiger partial charge on any atom is 0.255 e. The van der Waals surface area contributed by atoms with Gasteiger partial charge in [-0.15, -0.1) is 0 Å². The Hall–Kier alpha value is -1.91. The monoisotopic (exact) mass is 191 g/mol. The zero-order valence-electron chi connectivity index (χ0n) is 7.63. The van der Waals surface area contributed by atoms with Crippen molar-refractivity contribution in [1.29, 1.82) is 0 Å². The van der Waals surface area contributed by atoms with Crippen molar-refractivity contribution in [2.45, 2.75) is 6.92 Å². The highest BCUT2D eigenvalue weighted by atomic mass is 16.2. The van der Waals surface area contributed by atoms with E-state index in [2.05, 4.69) is 15.6 Å². The molecule has 0 radical (unpaired) electrons. The molecule has 0 aliphatic carbocycles. The van der Waals surface area contributed by atoms with Gasteiger partial charge in [0, 0.05) is 6.20 Å². The van der Waals surface area contributed by atoms with Crippen LogP contribution in [0.25, 0.3) is 0 Å². The van der Waals surface area contributed by atoms with Crippen molar-refractivity contribution >= 4 is 17.6 Å². The topological polar surface area (TPSA) is 71.1 Å². The summed E-state index contributed by atoms with van der Waals surface area (Å²) in [5.41, 5.74) is 1.30. The molecule has 0 bridgehead atoms. The molecule has 1 aliphatic rings. The highest BCUT2D eigenvalue weighted by Crippen LogP contribution is 2.15. The third-order valence-electron chi connectivity index (χ3n) is 1.94. The lowest BCUT2D eigenvalue weighted by atomic mass is 10.2. The molecule has 0 fully saturated rings. The van der Waals surface area contributed by atoms with Crippen LogP contribution >= 0.6 is 0 Å². The van der Waals surface area contributed by atoms with Gasteiger partial charge in [0.05, 0.1) is 12.1 Å². The van der Waals surface area contributed by atoms with Crippen LogP contribution in [-0.4, -0.2) is 23.3 Å². The van der Waals surface area contributed by atoms with Crippen LogP contribution in [0.3, 0.4) is 0 Å². The minimum absolute atomic E-state index is 0.00571. The standard InChI is InChI=1S/C9H9N3O2/c1-5-2-6-8(10-3-5)12-7(13)4-11-9(6)14/h2-3H,4H2,1H3,(H,11,14)(H,10,12,13). The SMILES string of the molecule is Cc1cnc2c(c1)C(=O)NCC(=O)N2. The Balaban J connectivity index is 2.52. The first-order valence-corrected chi connectivity index (χ1v) is 4.21. The first kappa shape index (κ1) is 8.68. The molecular formula is C9H9N3O2. The molecule has 1 aliphatic heterocycles. The van der Waals surface area contributed by atoms with Crippen molar-refractivity contribution in [1.82, 2.24) is 10.3 Å². The van der Waals surface area contributed by atoms with E-state index in [-0.39, 0.29) is 18.4 Å². The van der Waals surface area contributed by atoms with E-state index in [4.69, 9.17) is 0 Å². The number of rotatable bonds is 0. The zero-order chi connectivity index (χ0) is 10.1. The van der Waals surface area contributed by atoms with Gasteiger partial charge in [-0.1, -0.05) is 0 Å². The summed E-state index contributed by atoms with van der Waals surface area (Å²) in [4.78, 5) is 26.6.